The first-order chi connectivity index (χ1) is 7.61. The van der Waals surface area contributed by atoms with E-state index in [1.165, 1.54) is 12.4 Å². The predicted octanol–water partition coefficient (Wildman–Crippen LogP) is 1.11. The number of rotatable bonds is 6. The fourth-order valence-electron chi connectivity index (χ4n) is 1.23. The van der Waals surface area contributed by atoms with Crippen LogP contribution < -0.4 is 4.74 Å². The van der Waals surface area contributed by atoms with E-state index in [1.54, 1.807) is 6.07 Å². The fourth-order valence-corrected chi connectivity index (χ4v) is 1.23. The molecule has 0 aliphatic rings. The summed E-state index contributed by atoms with van der Waals surface area (Å²) < 4.78 is 5.40. The van der Waals surface area contributed by atoms with Crippen LogP contribution >= 0.6 is 0 Å². The molecule has 0 saturated carbocycles. The minimum Gasteiger partial charge on any atom is -0.493 e. The zero-order chi connectivity index (χ0) is 12.0. The molecule has 0 spiro atoms. The van der Waals surface area contributed by atoms with Crippen molar-refractivity contribution in [1.29, 1.82) is 0 Å². The van der Waals surface area contributed by atoms with E-state index in [0.29, 0.717) is 12.4 Å². The molecule has 0 radical (unpaired) electrons. The first kappa shape index (κ1) is 12.4. The lowest BCUT2D eigenvalue weighted by molar-refractivity contribution is 0.0691. The number of carboxylic acids is 1. The van der Waals surface area contributed by atoms with Crippen LogP contribution in [0.2, 0.25) is 0 Å². The molecule has 0 saturated heterocycles. The second kappa shape index (κ2) is 6.07. The number of carboxylic acid groups (broad SMARTS) is 1. The van der Waals surface area contributed by atoms with E-state index in [0.717, 1.165) is 13.0 Å². The number of hydrogen-bond donors (Lipinski definition) is 1. The van der Waals surface area contributed by atoms with Gasteiger partial charge in [-0.2, -0.15) is 0 Å². The van der Waals surface area contributed by atoms with E-state index in [1.807, 2.05) is 19.0 Å². The van der Waals surface area contributed by atoms with E-state index < -0.39 is 5.97 Å². The average Bonchev–Trinajstić information content (AvgIpc) is 2.24. The number of hydrogen-bond acceptors (Lipinski definition) is 4. The number of ether oxygens (including phenoxy) is 1. The van der Waals surface area contributed by atoms with E-state index in [4.69, 9.17) is 9.84 Å². The summed E-state index contributed by atoms with van der Waals surface area (Å²) in [6.45, 7) is 1.41. The Morgan fingerprint density at radius 1 is 1.56 bits per heavy atom. The van der Waals surface area contributed by atoms with Gasteiger partial charge in [0.05, 0.1) is 6.61 Å². The van der Waals surface area contributed by atoms with Gasteiger partial charge in [0.25, 0.3) is 0 Å². The van der Waals surface area contributed by atoms with Crippen molar-refractivity contribution in [3.63, 3.8) is 0 Å². The van der Waals surface area contributed by atoms with Gasteiger partial charge in [-0.1, -0.05) is 0 Å². The number of carbonyl (C=O) groups is 1. The molecule has 5 heteroatoms. The maximum atomic E-state index is 10.8. The highest BCUT2D eigenvalue weighted by Crippen LogP contribution is 2.16. The monoisotopic (exact) mass is 224 g/mol. The molecule has 1 heterocycles. The summed E-state index contributed by atoms with van der Waals surface area (Å²) in [6.07, 6.45) is 3.67. The van der Waals surface area contributed by atoms with Gasteiger partial charge < -0.3 is 14.7 Å². The van der Waals surface area contributed by atoms with E-state index in [-0.39, 0.29) is 5.56 Å². The number of aromatic nitrogens is 1. The summed E-state index contributed by atoms with van der Waals surface area (Å²) in [5.41, 5.74) is 0.104. The van der Waals surface area contributed by atoms with Gasteiger partial charge in [-0.3, -0.25) is 4.98 Å². The van der Waals surface area contributed by atoms with Gasteiger partial charge in [0.15, 0.2) is 0 Å². The molecule has 0 aliphatic heterocycles. The lowest BCUT2D eigenvalue weighted by Crippen LogP contribution is -2.16. The molecule has 0 aromatic carbocycles. The SMILES string of the molecule is CN(C)CCCOc1ccncc1C(=O)O. The third kappa shape index (κ3) is 3.86. The largest absolute Gasteiger partial charge is 0.493 e. The Bertz CT molecular complexity index is 353. The highest BCUT2D eigenvalue weighted by molar-refractivity contribution is 5.90. The topological polar surface area (TPSA) is 62.7 Å². The summed E-state index contributed by atoms with van der Waals surface area (Å²) in [5.74, 6) is -0.642. The minimum atomic E-state index is -1.02. The quantitative estimate of drug-likeness (QED) is 0.733. The van der Waals surface area contributed by atoms with Crippen molar-refractivity contribution in [2.45, 2.75) is 6.42 Å². The molecule has 1 rings (SSSR count). The second-order valence-electron chi connectivity index (χ2n) is 3.68. The van der Waals surface area contributed by atoms with Crippen LogP contribution in [0.5, 0.6) is 5.75 Å². The lowest BCUT2D eigenvalue weighted by atomic mass is 10.2. The Hall–Kier alpha value is -1.62. The Morgan fingerprint density at radius 3 is 2.94 bits per heavy atom. The Morgan fingerprint density at radius 2 is 2.31 bits per heavy atom. The lowest BCUT2D eigenvalue weighted by Gasteiger charge is -2.11. The fraction of sp³-hybridized carbons (Fsp3) is 0.455. The molecule has 5 nitrogen and oxygen atoms in total. The van der Waals surface area contributed by atoms with Crippen molar-refractivity contribution in [3.05, 3.63) is 24.0 Å². The minimum absolute atomic E-state index is 0.104. The molecular formula is C11H16N2O3. The number of aromatic carboxylic acids is 1. The van der Waals surface area contributed by atoms with E-state index in [2.05, 4.69) is 4.98 Å². The predicted molar refractivity (Wildman–Crippen MR) is 59.9 cm³/mol. The van der Waals surface area contributed by atoms with Crippen molar-refractivity contribution < 1.29 is 14.6 Å². The van der Waals surface area contributed by atoms with Gasteiger partial charge in [0, 0.05) is 18.9 Å². The average molecular weight is 224 g/mol. The Labute approximate surface area is 94.7 Å². The van der Waals surface area contributed by atoms with Crippen LogP contribution in [-0.2, 0) is 0 Å². The van der Waals surface area contributed by atoms with Gasteiger partial charge in [-0.25, -0.2) is 4.79 Å². The van der Waals surface area contributed by atoms with Crippen LogP contribution in [0.25, 0.3) is 0 Å². The van der Waals surface area contributed by atoms with Crippen molar-refractivity contribution in [2.24, 2.45) is 0 Å². The number of nitrogens with zero attached hydrogens (tertiary/aromatic N) is 2. The molecule has 0 aliphatic carbocycles. The van der Waals surface area contributed by atoms with Crippen LogP contribution in [0, 0.1) is 0 Å². The van der Waals surface area contributed by atoms with Crippen molar-refractivity contribution >= 4 is 5.97 Å². The molecule has 88 valence electrons. The van der Waals surface area contributed by atoms with Crippen LogP contribution in [0.4, 0.5) is 0 Å². The van der Waals surface area contributed by atoms with Crippen molar-refractivity contribution in [3.8, 4) is 5.75 Å². The molecule has 1 N–H and O–H groups in total. The van der Waals surface area contributed by atoms with Gasteiger partial charge >= 0.3 is 5.97 Å². The first-order valence-corrected chi connectivity index (χ1v) is 5.06. The zero-order valence-electron chi connectivity index (χ0n) is 9.51. The van der Waals surface area contributed by atoms with Crippen LogP contribution in [0.3, 0.4) is 0 Å². The molecule has 0 atom stereocenters. The highest BCUT2D eigenvalue weighted by Gasteiger charge is 2.10. The van der Waals surface area contributed by atoms with Crippen LogP contribution in [0.1, 0.15) is 16.8 Å². The maximum Gasteiger partial charge on any atom is 0.341 e. The van der Waals surface area contributed by atoms with Gasteiger partial charge in [0.1, 0.15) is 11.3 Å². The summed E-state index contributed by atoms with van der Waals surface area (Å²) in [6, 6.07) is 1.57. The van der Waals surface area contributed by atoms with Crippen molar-refractivity contribution in [2.75, 3.05) is 27.2 Å². The van der Waals surface area contributed by atoms with Crippen molar-refractivity contribution in [1.82, 2.24) is 9.88 Å². The molecule has 0 unspecified atom stereocenters. The van der Waals surface area contributed by atoms with Crippen LogP contribution in [0.15, 0.2) is 18.5 Å². The van der Waals surface area contributed by atoms with E-state index in [9.17, 15) is 4.79 Å². The number of pyridine rings is 1. The standard InChI is InChI=1S/C11H16N2O3/c1-13(2)6-3-7-16-10-4-5-12-8-9(10)11(14)15/h4-5,8H,3,6-7H2,1-2H3,(H,14,15). The van der Waals surface area contributed by atoms with Crippen LogP contribution in [-0.4, -0.2) is 48.2 Å². The van der Waals surface area contributed by atoms with Gasteiger partial charge in [-0.05, 0) is 26.6 Å². The summed E-state index contributed by atoms with van der Waals surface area (Å²) in [4.78, 5) is 16.6. The summed E-state index contributed by atoms with van der Waals surface area (Å²) in [7, 11) is 3.96. The Kier molecular flexibility index (Phi) is 4.72. The first-order valence-electron chi connectivity index (χ1n) is 5.06. The molecule has 0 fully saturated rings. The smallest absolute Gasteiger partial charge is 0.341 e. The van der Waals surface area contributed by atoms with Gasteiger partial charge in [-0.15, -0.1) is 0 Å². The zero-order valence-corrected chi connectivity index (χ0v) is 9.51. The molecule has 16 heavy (non-hydrogen) atoms. The second-order valence-corrected chi connectivity index (χ2v) is 3.68. The molecular weight excluding hydrogens is 208 g/mol. The highest BCUT2D eigenvalue weighted by atomic mass is 16.5. The molecule has 1 aromatic rings. The third-order valence-electron chi connectivity index (χ3n) is 2.02. The molecule has 0 amide bonds. The summed E-state index contributed by atoms with van der Waals surface area (Å²) >= 11 is 0. The normalized spacial score (nSPS) is 10.4. The Balaban J connectivity index is 2.50. The molecule has 1 aromatic heterocycles. The molecule has 0 bridgehead atoms. The van der Waals surface area contributed by atoms with E-state index >= 15 is 0 Å². The van der Waals surface area contributed by atoms with Gasteiger partial charge in [0.2, 0.25) is 0 Å². The third-order valence-corrected chi connectivity index (χ3v) is 2.02. The maximum absolute atomic E-state index is 10.8. The summed E-state index contributed by atoms with van der Waals surface area (Å²) in [5, 5.41) is 8.88.